The van der Waals surface area contributed by atoms with E-state index >= 15 is 0 Å². The van der Waals surface area contributed by atoms with E-state index in [9.17, 15) is 9.59 Å². The van der Waals surface area contributed by atoms with Crippen molar-refractivity contribution in [2.24, 2.45) is 16.6 Å². The molecule has 0 radical (unpaired) electrons. The molecule has 4 heteroatoms. The van der Waals surface area contributed by atoms with Crippen LogP contribution in [-0.4, -0.2) is 23.4 Å². The zero-order valence-corrected chi connectivity index (χ0v) is 10.7. The highest BCUT2D eigenvalue weighted by Gasteiger charge is 2.30. The van der Waals surface area contributed by atoms with Crippen molar-refractivity contribution in [3.05, 3.63) is 0 Å². The van der Waals surface area contributed by atoms with Gasteiger partial charge in [-0.3, -0.25) is 9.59 Å². The second-order valence-corrected chi connectivity index (χ2v) is 5.77. The molecule has 0 aliphatic rings. The summed E-state index contributed by atoms with van der Waals surface area (Å²) in [6.45, 7) is 7.41. The number of carboxylic acids is 1. The molecule has 3 N–H and O–H groups in total. The number of nitrogens with two attached hydrogens (primary N) is 1. The van der Waals surface area contributed by atoms with Crippen LogP contribution >= 0.6 is 0 Å². The van der Waals surface area contributed by atoms with Gasteiger partial charge in [-0.05, 0) is 32.1 Å². The highest BCUT2D eigenvalue weighted by Crippen LogP contribution is 2.33. The zero-order valence-electron chi connectivity index (χ0n) is 10.7. The number of hydrogen-bond acceptors (Lipinski definition) is 3. The predicted molar refractivity (Wildman–Crippen MR) is 63.1 cm³/mol. The number of hydrogen-bond donors (Lipinski definition) is 2. The smallest absolute Gasteiger partial charge is 0.309 e. The van der Waals surface area contributed by atoms with Gasteiger partial charge in [0.2, 0.25) is 0 Å². The average molecular weight is 229 g/mol. The molecule has 0 aliphatic carbocycles. The monoisotopic (exact) mass is 229 g/mol. The molecular weight excluding hydrogens is 206 g/mol. The second kappa shape index (κ2) is 5.43. The standard InChI is InChI=1S/C12H23NO3/c1-11(2,7-9(14)8-13)5-6-12(3,4)10(15)16/h5-8,13H2,1-4H3,(H,15,16). The fourth-order valence-electron chi connectivity index (χ4n) is 1.45. The minimum atomic E-state index is -0.798. The summed E-state index contributed by atoms with van der Waals surface area (Å²) in [5, 5.41) is 8.98. The first-order chi connectivity index (χ1) is 7.10. The molecule has 0 aromatic rings. The van der Waals surface area contributed by atoms with Gasteiger partial charge in [0.15, 0.2) is 0 Å². The van der Waals surface area contributed by atoms with Gasteiger partial charge < -0.3 is 10.8 Å². The van der Waals surface area contributed by atoms with E-state index in [0.29, 0.717) is 19.3 Å². The maximum absolute atomic E-state index is 11.2. The van der Waals surface area contributed by atoms with Crippen molar-refractivity contribution in [2.45, 2.75) is 47.0 Å². The van der Waals surface area contributed by atoms with Crippen LogP contribution in [0.5, 0.6) is 0 Å². The summed E-state index contributed by atoms with van der Waals surface area (Å²) in [6.07, 6.45) is 1.68. The Hall–Kier alpha value is -0.900. The van der Waals surface area contributed by atoms with Gasteiger partial charge in [0.25, 0.3) is 0 Å². The summed E-state index contributed by atoms with van der Waals surface area (Å²) >= 11 is 0. The van der Waals surface area contributed by atoms with Gasteiger partial charge in [-0.25, -0.2) is 0 Å². The van der Waals surface area contributed by atoms with E-state index in [1.165, 1.54) is 0 Å². The first kappa shape index (κ1) is 15.1. The molecule has 0 unspecified atom stereocenters. The van der Waals surface area contributed by atoms with Crippen LogP contribution < -0.4 is 5.73 Å². The van der Waals surface area contributed by atoms with Crippen molar-refractivity contribution in [1.29, 1.82) is 0 Å². The van der Waals surface area contributed by atoms with Gasteiger partial charge in [-0.1, -0.05) is 13.8 Å². The lowest BCUT2D eigenvalue weighted by atomic mass is 9.76. The lowest BCUT2D eigenvalue weighted by molar-refractivity contribution is -0.147. The molecule has 0 saturated carbocycles. The summed E-state index contributed by atoms with van der Waals surface area (Å²) in [6, 6.07) is 0. The Bertz CT molecular complexity index is 269. The van der Waals surface area contributed by atoms with Crippen molar-refractivity contribution < 1.29 is 14.7 Å². The van der Waals surface area contributed by atoms with Crippen LogP contribution in [0.1, 0.15) is 47.0 Å². The van der Waals surface area contributed by atoms with E-state index in [1.807, 2.05) is 13.8 Å². The van der Waals surface area contributed by atoms with Crippen LogP contribution in [0.15, 0.2) is 0 Å². The van der Waals surface area contributed by atoms with Crippen LogP contribution in [0.4, 0.5) is 0 Å². The third-order valence-electron chi connectivity index (χ3n) is 2.91. The fourth-order valence-corrected chi connectivity index (χ4v) is 1.45. The van der Waals surface area contributed by atoms with Gasteiger partial charge in [0.1, 0.15) is 5.78 Å². The fraction of sp³-hybridized carbons (Fsp3) is 0.833. The minimum Gasteiger partial charge on any atom is -0.481 e. The Kier molecular flexibility index (Phi) is 5.13. The predicted octanol–water partition coefficient (Wildman–Crippen LogP) is 1.82. The Labute approximate surface area is 97.2 Å². The zero-order chi connectivity index (χ0) is 13.0. The summed E-state index contributed by atoms with van der Waals surface area (Å²) < 4.78 is 0. The molecule has 0 aromatic heterocycles. The SMILES string of the molecule is CC(C)(CCC(C)(C)C(=O)O)CC(=O)CN. The Morgan fingerprint density at radius 1 is 1.12 bits per heavy atom. The van der Waals surface area contributed by atoms with E-state index in [1.54, 1.807) is 13.8 Å². The number of aliphatic carboxylic acids is 1. The van der Waals surface area contributed by atoms with Gasteiger partial charge in [-0.15, -0.1) is 0 Å². The second-order valence-electron chi connectivity index (χ2n) is 5.77. The molecule has 0 aromatic carbocycles. The summed E-state index contributed by atoms with van der Waals surface area (Å²) in [4.78, 5) is 22.2. The van der Waals surface area contributed by atoms with Crippen LogP contribution in [0, 0.1) is 10.8 Å². The molecule has 0 saturated heterocycles. The maximum Gasteiger partial charge on any atom is 0.309 e. The number of carboxylic acid groups (broad SMARTS) is 1. The first-order valence-electron chi connectivity index (χ1n) is 5.56. The van der Waals surface area contributed by atoms with E-state index in [0.717, 1.165) is 0 Å². The van der Waals surface area contributed by atoms with Crippen molar-refractivity contribution in [1.82, 2.24) is 0 Å². The molecule has 0 atom stereocenters. The third-order valence-corrected chi connectivity index (χ3v) is 2.91. The molecule has 16 heavy (non-hydrogen) atoms. The molecule has 94 valence electrons. The van der Waals surface area contributed by atoms with E-state index in [4.69, 9.17) is 10.8 Å². The lowest BCUT2D eigenvalue weighted by Gasteiger charge is -2.28. The summed E-state index contributed by atoms with van der Waals surface area (Å²) in [5.74, 6) is -0.772. The quantitative estimate of drug-likeness (QED) is 0.697. The van der Waals surface area contributed by atoms with Gasteiger partial charge in [-0.2, -0.15) is 0 Å². The van der Waals surface area contributed by atoms with Gasteiger partial charge in [0.05, 0.1) is 12.0 Å². The Balaban J connectivity index is 4.28. The van der Waals surface area contributed by atoms with Gasteiger partial charge >= 0.3 is 5.97 Å². The Morgan fingerprint density at radius 2 is 1.62 bits per heavy atom. The van der Waals surface area contributed by atoms with Crippen molar-refractivity contribution in [2.75, 3.05) is 6.54 Å². The topological polar surface area (TPSA) is 80.4 Å². The molecule has 0 aliphatic heterocycles. The highest BCUT2D eigenvalue weighted by molar-refractivity contribution is 5.80. The molecule has 0 heterocycles. The molecular formula is C12H23NO3. The molecule has 0 fully saturated rings. The summed E-state index contributed by atoms with van der Waals surface area (Å²) in [7, 11) is 0. The van der Waals surface area contributed by atoms with E-state index in [2.05, 4.69) is 0 Å². The summed E-state index contributed by atoms with van der Waals surface area (Å²) in [5.41, 5.74) is 4.36. The molecule has 0 spiro atoms. The number of ketones is 1. The van der Waals surface area contributed by atoms with E-state index < -0.39 is 11.4 Å². The average Bonchev–Trinajstić information content (AvgIpc) is 2.14. The van der Waals surface area contributed by atoms with Gasteiger partial charge in [0, 0.05) is 6.42 Å². The van der Waals surface area contributed by atoms with Crippen molar-refractivity contribution in [3.8, 4) is 0 Å². The largest absolute Gasteiger partial charge is 0.481 e. The third kappa shape index (κ3) is 5.26. The normalized spacial score (nSPS) is 12.6. The molecule has 0 amide bonds. The number of rotatable bonds is 7. The van der Waals surface area contributed by atoms with Crippen LogP contribution in [0.2, 0.25) is 0 Å². The minimum absolute atomic E-state index is 0.0260. The first-order valence-corrected chi connectivity index (χ1v) is 5.56. The lowest BCUT2D eigenvalue weighted by Crippen LogP contribution is -2.28. The molecule has 0 rings (SSSR count). The molecule has 4 nitrogen and oxygen atoms in total. The van der Waals surface area contributed by atoms with Crippen LogP contribution in [0.25, 0.3) is 0 Å². The van der Waals surface area contributed by atoms with Crippen LogP contribution in [-0.2, 0) is 9.59 Å². The Morgan fingerprint density at radius 3 is 2.00 bits per heavy atom. The number of carbonyl (C=O) groups is 2. The number of carbonyl (C=O) groups excluding carboxylic acids is 1. The van der Waals surface area contributed by atoms with Crippen molar-refractivity contribution >= 4 is 11.8 Å². The van der Waals surface area contributed by atoms with E-state index in [-0.39, 0.29) is 17.7 Å². The van der Waals surface area contributed by atoms with Crippen LogP contribution in [0.3, 0.4) is 0 Å². The highest BCUT2D eigenvalue weighted by atomic mass is 16.4. The number of Topliss-reactive ketones (excluding diaryl/α,β-unsaturated/α-hetero) is 1. The molecule has 0 bridgehead atoms. The maximum atomic E-state index is 11.2. The van der Waals surface area contributed by atoms with Crippen molar-refractivity contribution in [3.63, 3.8) is 0 Å².